The molecule has 0 spiro atoms. The van der Waals surface area contributed by atoms with E-state index in [4.69, 9.17) is 11.5 Å². The number of hydrogen-bond acceptors (Lipinski definition) is 2. The molecular formula is C17H23N3. The number of hydrogen-bond donors (Lipinski definition) is 1. The average molecular weight is 269 g/mol. The third kappa shape index (κ3) is 3.20. The van der Waals surface area contributed by atoms with Crippen LogP contribution in [0.1, 0.15) is 44.3 Å². The highest BCUT2D eigenvalue weighted by Gasteiger charge is 2.17. The summed E-state index contributed by atoms with van der Waals surface area (Å²) in [5.41, 5.74) is 2.33. The largest absolute Gasteiger partial charge is 0.309 e. The Kier molecular flexibility index (Phi) is 5.20. The highest BCUT2D eigenvalue weighted by atomic mass is 15.3. The van der Waals surface area contributed by atoms with Crippen LogP contribution in [-0.4, -0.2) is 16.3 Å². The molecule has 0 saturated carbocycles. The minimum absolute atomic E-state index is 0.286. The Bertz CT molecular complexity index is 592. The van der Waals surface area contributed by atoms with Crippen LogP contribution in [0.5, 0.6) is 0 Å². The molecule has 1 aromatic heterocycles. The van der Waals surface area contributed by atoms with Crippen LogP contribution < -0.4 is 5.32 Å². The molecule has 0 aliphatic heterocycles. The molecule has 1 aromatic carbocycles. The number of unbranched alkanes of at least 4 members (excludes halogenated alkanes) is 1. The first kappa shape index (κ1) is 14.6. The van der Waals surface area contributed by atoms with Crippen molar-refractivity contribution in [1.29, 1.82) is 0 Å². The van der Waals surface area contributed by atoms with Gasteiger partial charge >= 0.3 is 0 Å². The van der Waals surface area contributed by atoms with Gasteiger partial charge in [-0.1, -0.05) is 25.1 Å². The Labute approximate surface area is 121 Å². The zero-order valence-electron chi connectivity index (χ0n) is 12.4. The summed E-state index contributed by atoms with van der Waals surface area (Å²) in [5, 5.41) is 9.57. The van der Waals surface area contributed by atoms with Crippen LogP contribution >= 0.6 is 0 Å². The van der Waals surface area contributed by atoms with E-state index in [0.717, 1.165) is 37.9 Å². The highest BCUT2D eigenvalue weighted by molar-refractivity contribution is 5.82. The van der Waals surface area contributed by atoms with Crippen molar-refractivity contribution < 1.29 is 0 Å². The zero-order chi connectivity index (χ0) is 14.4. The number of terminal acetylenes is 1. The van der Waals surface area contributed by atoms with Gasteiger partial charge in [0.1, 0.15) is 0 Å². The van der Waals surface area contributed by atoms with Crippen molar-refractivity contribution >= 4 is 10.9 Å². The number of aromatic nitrogens is 2. The smallest absolute Gasteiger partial charge is 0.0872 e. The van der Waals surface area contributed by atoms with E-state index in [9.17, 15) is 0 Å². The molecule has 0 amide bonds. The Hall–Kier alpha value is -1.79. The van der Waals surface area contributed by atoms with Gasteiger partial charge in [0.25, 0.3) is 0 Å². The van der Waals surface area contributed by atoms with Gasteiger partial charge in [0.05, 0.1) is 17.3 Å². The summed E-state index contributed by atoms with van der Waals surface area (Å²) in [4.78, 5) is 0. The van der Waals surface area contributed by atoms with Crippen LogP contribution in [0.15, 0.2) is 24.3 Å². The lowest BCUT2D eigenvalue weighted by Crippen LogP contribution is -2.23. The zero-order valence-corrected chi connectivity index (χ0v) is 12.4. The molecule has 1 N–H and O–H groups in total. The van der Waals surface area contributed by atoms with Gasteiger partial charge in [-0.25, -0.2) is 0 Å². The second-order valence-electron chi connectivity index (χ2n) is 5.13. The van der Waals surface area contributed by atoms with E-state index in [-0.39, 0.29) is 6.04 Å². The van der Waals surface area contributed by atoms with Crippen LogP contribution in [0.25, 0.3) is 10.9 Å². The number of para-hydroxylation sites is 1. The minimum Gasteiger partial charge on any atom is -0.309 e. The second-order valence-corrected chi connectivity index (χ2v) is 5.13. The lowest BCUT2D eigenvalue weighted by Gasteiger charge is -2.16. The van der Waals surface area contributed by atoms with Crippen molar-refractivity contribution in [2.75, 3.05) is 6.54 Å². The molecule has 0 radical (unpaired) electrons. The molecule has 1 heterocycles. The lowest BCUT2D eigenvalue weighted by molar-refractivity contribution is 0.475. The Morgan fingerprint density at radius 3 is 2.95 bits per heavy atom. The summed E-state index contributed by atoms with van der Waals surface area (Å²) < 4.78 is 1.96. The van der Waals surface area contributed by atoms with Gasteiger partial charge in [-0.3, -0.25) is 4.68 Å². The van der Waals surface area contributed by atoms with Crippen molar-refractivity contribution in [1.82, 2.24) is 15.1 Å². The van der Waals surface area contributed by atoms with Gasteiger partial charge in [0, 0.05) is 18.9 Å². The summed E-state index contributed by atoms with van der Waals surface area (Å²) in [6.07, 6.45) is 9.37. The van der Waals surface area contributed by atoms with Crippen LogP contribution in [-0.2, 0) is 7.05 Å². The number of rotatable bonds is 7. The van der Waals surface area contributed by atoms with E-state index in [1.165, 1.54) is 10.9 Å². The number of nitrogens with one attached hydrogen (secondary N) is 1. The third-order valence-electron chi connectivity index (χ3n) is 3.57. The summed E-state index contributed by atoms with van der Waals surface area (Å²) in [6.45, 7) is 3.19. The molecule has 0 aliphatic rings. The average Bonchev–Trinajstić information content (AvgIpc) is 2.81. The van der Waals surface area contributed by atoms with Crippen molar-refractivity contribution in [2.45, 2.75) is 38.6 Å². The van der Waals surface area contributed by atoms with Crippen LogP contribution in [0.4, 0.5) is 0 Å². The summed E-state index contributed by atoms with van der Waals surface area (Å²) in [6, 6.07) is 8.69. The SMILES string of the molecule is C#CCCCC(NCCC)c1nn(C)c2ccccc12. The second kappa shape index (κ2) is 7.12. The van der Waals surface area contributed by atoms with E-state index in [2.05, 4.69) is 42.4 Å². The molecule has 0 fully saturated rings. The van der Waals surface area contributed by atoms with Gasteiger partial charge in [-0.15, -0.1) is 12.3 Å². The molecule has 0 saturated heterocycles. The Morgan fingerprint density at radius 2 is 2.20 bits per heavy atom. The number of nitrogens with zero attached hydrogens (tertiary/aromatic N) is 2. The van der Waals surface area contributed by atoms with E-state index in [0.29, 0.717) is 0 Å². The minimum atomic E-state index is 0.286. The van der Waals surface area contributed by atoms with E-state index >= 15 is 0 Å². The van der Waals surface area contributed by atoms with Gasteiger partial charge in [-0.2, -0.15) is 5.10 Å². The fourth-order valence-electron chi connectivity index (χ4n) is 2.56. The maximum absolute atomic E-state index is 5.36. The van der Waals surface area contributed by atoms with Crippen molar-refractivity contribution in [3.8, 4) is 12.3 Å². The van der Waals surface area contributed by atoms with Gasteiger partial charge in [0.2, 0.25) is 0 Å². The first-order chi connectivity index (χ1) is 9.77. The van der Waals surface area contributed by atoms with E-state index in [1.54, 1.807) is 0 Å². The molecule has 2 rings (SSSR count). The molecule has 3 nitrogen and oxygen atoms in total. The maximum Gasteiger partial charge on any atom is 0.0872 e. The fraction of sp³-hybridized carbons (Fsp3) is 0.471. The van der Waals surface area contributed by atoms with E-state index < -0.39 is 0 Å². The van der Waals surface area contributed by atoms with E-state index in [1.807, 2.05) is 11.7 Å². The summed E-state index contributed by atoms with van der Waals surface area (Å²) in [5.74, 6) is 2.72. The molecule has 1 unspecified atom stereocenters. The Morgan fingerprint density at radius 1 is 1.40 bits per heavy atom. The van der Waals surface area contributed by atoms with Crippen molar-refractivity contribution in [3.05, 3.63) is 30.0 Å². The molecular weight excluding hydrogens is 246 g/mol. The molecule has 106 valence electrons. The maximum atomic E-state index is 5.36. The quantitative estimate of drug-likeness (QED) is 0.616. The number of aryl methyl sites for hydroxylation is 1. The van der Waals surface area contributed by atoms with Crippen LogP contribution in [0.3, 0.4) is 0 Å². The monoisotopic (exact) mass is 269 g/mol. The number of benzene rings is 1. The molecule has 3 heteroatoms. The Balaban J connectivity index is 2.27. The molecule has 0 aliphatic carbocycles. The molecule has 0 bridgehead atoms. The first-order valence-electron chi connectivity index (χ1n) is 7.36. The lowest BCUT2D eigenvalue weighted by atomic mass is 10.0. The summed E-state index contributed by atoms with van der Waals surface area (Å²) in [7, 11) is 2.00. The molecule has 1 atom stereocenters. The molecule has 20 heavy (non-hydrogen) atoms. The molecule has 2 aromatic rings. The normalized spacial score (nSPS) is 12.4. The first-order valence-corrected chi connectivity index (χ1v) is 7.36. The predicted octanol–water partition coefficient (Wildman–Crippen LogP) is 3.42. The highest BCUT2D eigenvalue weighted by Crippen LogP contribution is 2.26. The fourth-order valence-corrected chi connectivity index (χ4v) is 2.56. The summed E-state index contributed by atoms with van der Waals surface area (Å²) >= 11 is 0. The standard InChI is InChI=1S/C17H23N3/c1-4-6-7-11-15(18-13-5-2)17-14-10-8-9-12-16(14)20(3)19-17/h1,8-10,12,15,18H,5-7,11,13H2,2-3H3. The van der Waals surface area contributed by atoms with Crippen molar-refractivity contribution in [2.24, 2.45) is 7.05 Å². The van der Waals surface area contributed by atoms with Crippen LogP contribution in [0.2, 0.25) is 0 Å². The number of fused-ring (bicyclic) bond motifs is 1. The van der Waals surface area contributed by atoms with Gasteiger partial charge in [0.15, 0.2) is 0 Å². The third-order valence-corrected chi connectivity index (χ3v) is 3.57. The van der Waals surface area contributed by atoms with Crippen molar-refractivity contribution in [3.63, 3.8) is 0 Å². The van der Waals surface area contributed by atoms with Gasteiger partial charge < -0.3 is 5.32 Å². The topological polar surface area (TPSA) is 29.9 Å². The van der Waals surface area contributed by atoms with Gasteiger partial charge in [-0.05, 0) is 31.9 Å². The van der Waals surface area contributed by atoms with Crippen LogP contribution in [0, 0.1) is 12.3 Å². The predicted molar refractivity (Wildman–Crippen MR) is 84.4 cm³/mol.